The average molecular weight is 639 g/mol. The highest BCUT2D eigenvalue weighted by molar-refractivity contribution is 5.99. The van der Waals surface area contributed by atoms with Crippen LogP contribution in [0.25, 0.3) is 0 Å². The predicted molar refractivity (Wildman–Crippen MR) is 176 cm³/mol. The summed E-state index contributed by atoms with van der Waals surface area (Å²) in [5.74, 6) is -0.740. The molecule has 0 spiro atoms. The predicted octanol–water partition coefficient (Wildman–Crippen LogP) is 5.24. The Morgan fingerprint density at radius 2 is 1.64 bits per heavy atom. The van der Waals surface area contributed by atoms with Crippen LogP contribution in [0.5, 0.6) is 0 Å². The number of ketones is 1. The molecule has 4 unspecified atom stereocenters. The first-order chi connectivity index (χ1) is 22.8. The number of carbonyl (C=O) groups excluding carboxylic acids is 3. The quantitative estimate of drug-likeness (QED) is 0.138. The molecular formula is C37H42N4O6. The van der Waals surface area contributed by atoms with E-state index < -0.39 is 36.2 Å². The number of benzene rings is 3. The van der Waals surface area contributed by atoms with E-state index in [4.69, 9.17) is 9.15 Å². The molecule has 10 heteroatoms. The molecule has 1 aliphatic rings. The number of carbonyl (C=O) groups is 3. The fourth-order valence-electron chi connectivity index (χ4n) is 5.76. The second-order valence-corrected chi connectivity index (χ2v) is 12.2. The van der Waals surface area contributed by atoms with Gasteiger partial charge in [-0.1, -0.05) is 98.8 Å². The second kappa shape index (κ2) is 16.2. The molecule has 0 aliphatic carbocycles. The summed E-state index contributed by atoms with van der Waals surface area (Å²) in [6, 6.07) is 24.4. The smallest absolute Gasteiger partial charge is 0.408 e. The number of aliphatic hydroxyl groups excluding tert-OH is 1. The van der Waals surface area contributed by atoms with Crippen LogP contribution in [-0.2, 0) is 29.0 Å². The van der Waals surface area contributed by atoms with E-state index in [1.807, 2.05) is 98.8 Å². The van der Waals surface area contributed by atoms with E-state index in [-0.39, 0.29) is 29.9 Å². The minimum Gasteiger partial charge on any atom is -0.445 e. The van der Waals surface area contributed by atoms with E-state index >= 15 is 0 Å². The third-order valence-electron chi connectivity index (χ3n) is 8.22. The average Bonchev–Trinajstić information content (AvgIpc) is 3.59. The molecule has 4 aromatic rings. The monoisotopic (exact) mass is 638 g/mol. The van der Waals surface area contributed by atoms with E-state index in [2.05, 4.69) is 20.9 Å². The van der Waals surface area contributed by atoms with Gasteiger partial charge >= 0.3 is 6.09 Å². The van der Waals surface area contributed by atoms with Crippen LogP contribution in [-0.4, -0.2) is 46.5 Å². The fraction of sp³-hybridized carbons (Fsp3) is 0.351. The van der Waals surface area contributed by atoms with Crippen molar-refractivity contribution in [2.45, 2.75) is 70.4 Å². The molecule has 4 N–H and O–H groups in total. The molecule has 3 aromatic carbocycles. The number of Topliss-reactive ketones (excluding diaryl/α,β-unsaturated/α-hetero) is 1. The molecule has 1 aliphatic heterocycles. The summed E-state index contributed by atoms with van der Waals surface area (Å²) in [4.78, 5) is 44.3. The van der Waals surface area contributed by atoms with Gasteiger partial charge in [0, 0.05) is 6.54 Å². The number of aliphatic hydroxyl groups is 1. The largest absolute Gasteiger partial charge is 0.445 e. The third kappa shape index (κ3) is 9.15. The molecule has 0 bridgehead atoms. The van der Waals surface area contributed by atoms with E-state index in [9.17, 15) is 19.5 Å². The molecule has 47 heavy (non-hydrogen) atoms. The summed E-state index contributed by atoms with van der Waals surface area (Å²) >= 11 is 0. The highest BCUT2D eigenvalue weighted by Crippen LogP contribution is 2.27. The second-order valence-electron chi connectivity index (χ2n) is 12.2. The van der Waals surface area contributed by atoms with E-state index in [1.54, 1.807) is 0 Å². The Bertz CT molecular complexity index is 1620. The van der Waals surface area contributed by atoms with Crippen LogP contribution in [0.1, 0.15) is 77.5 Å². The number of hydrogen-bond acceptors (Lipinski definition) is 8. The van der Waals surface area contributed by atoms with Crippen molar-refractivity contribution in [2.75, 3.05) is 6.54 Å². The van der Waals surface area contributed by atoms with Crippen molar-refractivity contribution in [1.29, 1.82) is 0 Å². The van der Waals surface area contributed by atoms with Gasteiger partial charge in [-0.25, -0.2) is 9.78 Å². The van der Waals surface area contributed by atoms with E-state index in [1.165, 1.54) is 6.26 Å². The summed E-state index contributed by atoms with van der Waals surface area (Å²) in [5.41, 5.74) is 3.93. The van der Waals surface area contributed by atoms with Crippen molar-refractivity contribution >= 4 is 17.8 Å². The summed E-state index contributed by atoms with van der Waals surface area (Å²) in [5, 5.41) is 20.4. The fourth-order valence-corrected chi connectivity index (χ4v) is 5.76. The highest BCUT2D eigenvalue weighted by Gasteiger charge is 2.33. The first-order valence-corrected chi connectivity index (χ1v) is 16.1. The van der Waals surface area contributed by atoms with Crippen LogP contribution in [0.3, 0.4) is 0 Å². The maximum Gasteiger partial charge on any atom is 0.408 e. The number of nitrogens with one attached hydrogen (secondary N) is 3. The standard InChI is InChI=1S/C37H42N4O6/c1-24(2)21-30(41-37(45)47-22-26-13-7-4-8-14-26)35(44)39-29(18-17-25-11-5-3-6-12-25)34(43)36-40-31(23-46-36)33(42)32-28-16-10-9-15-27(28)19-20-38-32/h3-16,23-24,29-30,32,34,38,43H,17-22H2,1-2H3,(H,39,44)(H,41,45). The number of alkyl carbamates (subject to hydrolysis) is 1. The van der Waals surface area contributed by atoms with Crippen molar-refractivity contribution in [3.05, 3.63) is 125 Å². The topological polar surface area (TPSA) is 143 Å². The number of rotatable bonds is 14. The minimum atomic E-state index is -1.36. The number of fused-ring (bicyclic) bond motifs is 1. The lowest BCUT2D eigenvalue weighted by atomic mass is 9.91. The number of ether oxygens (including phenoxy) is 1. The molecule has 0 saturated heterocycles. The van der Waals surface area contributed by atoms with Gasteiger partial charge in [0.1, 0.15) is 24.6 Å². The Kier molecular flexibility index (Phi) is 11.5. The molecule has 10 nitrogen and oxygen atoms in total. The highest BCUT2D eigenvalue weighted by atomic mass is 16.5. The van der Waals surface area contributed by atoms with Gasteiger partial charge in [0.25, 0.3) is 0 Å². The molecule has 0 saturated carbocycles. The number of aryl methyl sites for hydroxylation is 1. The Hall–Kier alpha value is -4.80. The van der Waals surface area contributed by atoms with Gasteiger partial charge in [0.15, 0.2) is 6.10 Å². The van der Waals surface area contributed by atoms with Crippen LogP contribution in [0.15, 0.2) is 95.6 Å². The van der Waals surface area contributed by atoms with Crippen molar-refractivity contribution in [2.24, 2.45) is 5.92 Å². The Morgan fingerprint density at radius 3 is 2.36 bits per heavy atom. The molecular weight excluding hydrogens is 596 g/mol. The van der Waals surface area contributed by atoms with Crippen molar-refractivity contribution < 1.29 is 28.6 Å². The summed E-state index contributed by atoms with van der Waals surface area (Å²) in [6.45, 7) is 4.61. The van der Waals surface area contributed by atoms with Crippen LogP contribution in [0, 0.1) is 5.92 Å². The van der Waals surface area contributed by atoms with Crippen LogP contribution >= 0.6 is 0 Å². The minimum absolute atomic E-state index is 0.0638. The zero-order valence-corrected chi connectivity index (χ0v) is 26.7. The van der Waals surface area contributed by atoms with Crippen LogP contribution in [0.2, 0.25) is 0 Å². The van der Waals surface area contributed by atoms with Gasteiger partial charge in [0.05, 0.1) is 12.1 Å². The van der Waals surface area contributed by atoms with Crippen molar-refractivity contribution in [1.82, 2.24) is 20.9 Å². The summed E-state index contributed by atoms with van der Waals surface area (Å²) in [6.07, 6.45) is 1.23. The summed E-state index contributed by atoms with van der Waals surface area (Å²) < 4.78 is 11.0. The van der Waals surface area contributed by atoms with Gasteiger partial charge in [-0.3, -0.25) is 9.59 Å². The van der Waals surface area contributed by atoms with Crippen LogP contribution in [0.4, 0.5) is 4.79 Å². The number of oxazole rings is 1. The molecule has 4 atom stereocenters. The van der Waals surface area contributed by atoms with E-state index in [0.717, 1.165) is 28.7 Å². The molecule has 1 aromatic heterocycles. The summed E-state index contributed by atoms with van der Waals surface area (Å²) in [7, 11) is 0. The zero-order valence-electron chi connectivity index (χ0n) is 26.7. The van der Waals surface area contributed by atoms with E-state index in [0.29, 0.717) is 25.8 Å². The lowest BCUT2D eigenvalue weighted by Crippen LogP contribution is -2.51. The van der Waals surface area contributed by atoms with Gasteiger partial charge in [-0.05, 0) is 53.9 Å². The Balaban J connectivity index is 1.30. The van der Waals surface area contributed by atoms with Gasteiger partial charge in [-0.2, -0.15) is 0 Å². The number of nitrogens with zero attached hydrogens (tertiary/aromatic N) is 1. The first kappa shape index (κ1) is 33.6. The maximum absolute atomic E-state index is 13.7. The Labute approximate surface area is 274 Å². The third-order valence-corrected chi connectivity index (χ3v) is 8.22. The molecule has 246 valence electrons. The molecule has 5 rings (SSSR count). The lowest BCUT2D eigenvalue weighted by Gasteiger charge is -2.26. The molecule has 0 fully saturated rings. The van der Waals surface area contributed by atoms with Gasteiger partial charge in [-0.15, -0.1) is 0 Å². The first-order valence-electron chi connectivity index (χ1n) is 16.1. The number of aromatic nitrogens is 1. The van der Waals surface area contributed by atoms with Gasteiger partial charge < -0.3 is 30.2 Å². The van der Waals surface area contributed by atoms with Gasteiger partial charge in [0.2, 0.25) is 17.6 Å². The number of amides is 2. The van der Waals surface area contributed by atoms with Crippen molar-refractivity contribution in [3.63, 3.8) is 0 Å². The molecule has 0 radical (unpaired) electrons. The molecule has 2 amide bonds. The lowest BCUT2D eigenvalue weighted by molar-refractivity contribution is -0.125. The van der Waals surface area contributed by atoms with Crippen LogP contribution < -0.4 is 16.0 Å². The zero-order chi connectivity index (χ0) is 33.2. The molecule has 2 heterocycles. The maximum atomic E-state index is 13.7. The Morgan fingerprint density at radius 1 is 0.957 bits per heavy atom. The number of hydrogen-bond donors (Lipinski definition) is 4. The SMILES string of the molecule is CC(C)CC(NC(=O)OCc1ccccc1)C(=O)NC(CCc1ccccc1)C(O)c1nc(C(=O)C2NCCc3ccccc32)co1. The normalized spacial score (nSPS) is 16.0. The van der Waals surface area contributed by atoms with Crippen molar-refractivity contribution in [3.8, 4) is 0 Å².